The molecule has 0 aromatic rings. The highest BCUT2D eigenvalue weighted by Gasteiger charge is 2.26. The third kappa shape index (κ3) is 3.00. The van der Waals surface area contributed by atoms with Crippen molar-refractivity contribution in [3.05, 3.63) is 11.6 Å². The molecule has 0 spiro atoms. The van der Waals surface area contributed by atoms with Crippen LogP contribution in [0.4, 0.5) is 0 Å². The second kappa shape index (κ2) is 5.03. The molecule has 16 heavy (non-hydrogen) atoms. The Labute approximate surface area is 93.8 Å². The van der Waals surface area contributed by atoms with Crippen LogP contribution in [0.15, 0.2) is 11.6 Å². The zero-order chi connectivity index (χ0) is 12.3. The fraction of sp³-hybridized carbons (Fsp3) is 0.545. The van der Waals surface area contributed by atoms with Crippen LogP contribution in [0, 0.1) is 11.3 Å². The van der Waals surface area contributed by atoms with E-state index in [0.717, 1.165) is 0 Å². The van der Waals surface area contributed by atoms with E-state index in [0.29, 0.717) is 12.8 Å². The van der Waals surface area contributed by atoms with Gasteiger partial charge in [-0.25, -0.2) is 0 Å². The maximum atomic E-state index is 11.7. The summed E-state index contributed by atoms with van der Waals surface area (Å²) in [6.45, 7) is 1.71. The van der Waals surface area contributed by atoms with Crippen molar-refractivity contribution in [3.63, 3.8) is 0 Å². The fourth-order valence-corrected chi connectivity index (χ4v) is 1.68. The predicted octanol–water partition coefficient (Wildman–Crippen LogP) is 0.734. The third-order valence-corrected chi connectivity index (χ3v) is 2.52. The number of nitrogens with one attached hydrogen (secondary N) is 1. The number of carboxylic acid groups (broad SMARTS) is 1. The largest absolute Gasteiger partial charge is 0.481 e. The van der Waals surface area contributed by atoms with E-state index in [2.05, 4.69) is 0 Å². The minimum Gasteiger partial charge on any atom is -0.481 e. The number of allylic oxidation sites excluding steroid dienone is 1. The molecule has 0 aromatic heterocycles. The van der Waals surface area contributed by atoms with Gasteiger partial charge in [0, 0.05) is 23.7 Å². The molecule has 4 N–H and O–H groups in total. The molecule has 0 saturated heterocycles. The zero-order valence-corrected chi connectivity index (χ0v) is 9.19. The Morgan fingerprint density at radius 1 is 1.69 bits per heavy atom. The monoisotopic (exact) mass is 224 g/mol. The van der Waals surface area contributed by atoms with E-state index in [1.165, 1.54) is 6.08 Å². The van der Waals surface area contributed by atoms with Gasteiger partial charge in [-0.1, -0.05) is 6.08 Å². The van der Waals surface area contributed by atoms with Crippen LogP contribution < -0.4 is 5.73 Å². The molecule has 1 unspecified atom stereocenters. The van der Waals surface area contributed by atoms with Crippen LogP contribution in [0.5, 0.6) is 0 Å². The standard InChI is InChI=1S/C11H16N2O3/c1-6(12)4-10(14)8-5-7(11(15)16)2-3-9(8)13/h5-7,13H,2-4,12H2,1H3,(H,15,16)/t6-,7?/m1/s1. The highest BCUT2D eigenvalue weighted by molar-refractivity contribution is 6.22. The summed E-state index contributed by atoms with van der Waals surface area (Å²) < 4.78 is 0. The number of carbonyl (C=O) groups is 2. The van der Waals surface area contributed by atoms with Gasteiger partial charge in [-0.05, 0) is 19.8 Å². The van der Waals surface area contributed by atoms with Gasteiger partial charge < -0.3 is 16.2 Å². The normalized spacial score (nSPS) is 22.5. The van der Waals surface area contributed by atoms with Crippen LogP contribution in [-0.2, 0) is 9.59 Å². The van der Waals surface area contributed by atoms with E-state index < -0.39 is 11.9 Å². The van der Waals surface area contributed by atoms with Gasteiger partial charge in [-0.3, -0.25) is 9.59 Å². The topological polar surface area (TPSA) is 104 Å². The number of rotatable bonds is 4. The average Bonchev–Trinajstić information content (AvgIpc) is 2.16. The van der Waals surface area contributed by atoms with E-state index in [1.807, 2.05) is 0 Å². The van der Waals surface area contributed by atoms with Crippen molar-refractivity contribution in [2.45, 2.75) is 32.2 Å². The van der Waals surface area contributed by atoms with E-state index >= 15 is 0 Å². The summed E-state index contributed by atoms with van der Waals surface area (Å²) in [5, 5.41) is 16.5. The lowest BCUT2D eigenvalue weighted by atomic mass is 9.86. The lowest BCUT2D eigenvalue weighted by Gasteiger charge is -2.18. The van der Waals surface area contributed by atoms with Crippen LogP contribution in [-0.4, -0.2) is 28.6 Å². The van der Waals surface area contributed by atoms with Gasteiger partial charge in [0.2, 0.25) is 0 Å². The van der Waals surface area contributed by atoms with E-state index in [4.69, 9.17) is 16.2 Å². The Morgan fingerprint density at radius 3 is 2.81 bits per heavy atom. The van der Waals surface area contributed by atoms with Gasteiger partial charge in [0.15, 0.2) is 5.78 Å². The highest BCUT2D eigenvalue weighted by atomic mass is 16.4. The smallest absolute Gasteiger partial charge is 0.310 e. The minimum absolute atomic E-state index is 0.153. The van der Waals surface area contributed by atoms with Gasteiger partial charge in [0.1, 0.15) is 0 Å². The number of hydrogen-bond acceptors (Lipinski definition) is 4. The van der Waals surface area contributed by atoms with Crippen LogP contribution in [0.25, 0.3) is 0 Å². The molecule has 0 bridgehead atoms. The van der Waals surface area contributed by atoms with Gasteiger partial charge in [-0.15, -0.1) is 0 Å². The van der Waals surface area contributed by atoms with E-state index in [9.17, 15) is 9.59 Å². The Kier molecular flexibility index (Phi) is 3.95. The summed E-state index contributed by atoms with van der Waals surface area (Å²) in [5.74, 6) is -1.83. The molecule has 1 aliphatic rings. The maximum Gasteiger partial charge on any atom is 0.310 e. The quantitative estimate of drug-likeness (QED) is 0.654. The number of nitrogens with two attached hydrogens (primary N) is 1. The molecule has 0 amide bonds. The molecule has 5 heteroatoms. The molecule has 0 heterocycles. The van der Waals surface area contributed by atoms with Crippen LogP contribution >= 0.6 is 0 Å². The molecule has 88 valence electrons. The van der Waals surface area contributed by atoms with Crippen LogP contribution in [0.1, 0.15) is 26.2 Å². The number of carbonyl (C=O) groups excluding carboxylic acids is 1. The molecule has 5 nitrogen and oxygen atoms in total. The molecular formula is C11H16N2O3. The van der Waals surface area contributed by atoms with Crippen molar-refractivity contribution in [1.29, 1.82) is 5.41 Å². The fourth-order valence-electron chi connectivity index (χ4n) is 1.68. The van der Waals surface area contributed by atoms with Gasteiger partial charge >= 0.3 is 5.97 Å². The molecule has 0 aromatic carbocycles. The Morgan fingerprint density at radius 2 is 2.31 bits per heavy atom. The van der Waals surface area contributed by atoms with Crippen molar-refractivity contribution in [2.24, 2.45) is 11.7 Å². The van der Waals surface area contributed by atoms with Crippen molar-refractivity contribution in [2.75, 3.05) is 0 Å². The molecule has 0 radical (unpaired) electrons. The summed E-state index contributed by atoms with van der Waals surface area (Å²) in [7, 11) is 0. The van der Waals surface area contributed by atoms with Gasteiger partial charge in [-0.2, -0.15) is 0 Å². The first-order valence-electron chi connectivity index (χ1n) is 5.23. The van der Waals surface area contributed by atoms with Gasteiger partial charge in [0.05, 0.1) is 5.92 Å². The summed E-state index contributed by atoms with van der Waals surface area (Å²) in [6.07, 6.45) is 2.27. The zero-order valence-electron chi connectivity index (χ0n) is 9.19. The van der Waals surface area contributed by atoms with E-state index in [1.54, 1.807) is 6.92 Å². The van der Waals surface area contributed by atoms with E-state index in [-0.39, 0.29) is 29.5 Å². The first-order valence-corrected chi connectivity index (χ1v) is 5.23. The minimum atomic E-state index is -0.946. The average molecular weight is 224 g/mol. The Bertz CT molecular complexity index is 358. The SMILES string of the molecule is C[C@@H](N)CC(=O)C1=CC(C(=O)O)CCC1=N. The number of ketones is 1. The summed E-state index contributed by atoms with van der Waals surface area (Å²) in [4.78, 5) is 22.5. The maximum absolute atomic E-state index is 11.7. The molecule has 1 aliphatic carbocycles. The number of Topliss-reactive ketones (excluding diaryl/α,β-unsaturated/α-hetero) is 1. The Hall–Kier alpha value is -1.49. The lowest BCUT2D eigenvalue weighted by molar-refractivity contribution is -0.140. The second-order valence-electron chi connectivity index (χ2n) is 4.15. The molecule has 0 fully saturated rings. The summed E-state index contributed by atoms with van der Waals surface area (Å²) in [5.41, 5.74) is 5.96. The van der Waals surface area contributed by atoms with Crippen LogP contribution in [0.2, 0.25) is 0 Å². The van der Waals surface area contributed by atoms with Crippen molar-refractivity contribution < 1.29 is 14.7 Å². The van der Waals surface area contributed by atoms with Crippen molar-refractivity contribution >= 4 is 17.5 Å². The highest BCUT2D eigenvalue weighted by Crippen LogP contribution is 2.22. The first-order chi connectivity index (χ1) is 7.41. The first kappa shape index (κ1) is 12.6. The number of aliphatic carboxylic acids is 1. The third-order valence-electron chi connectivity index (χ3n) is 2.52. The summed E-state index contributed by atoms with van der Waals surface area (Å²) in [6, 6.07) is -0.272. The lowest BCUT2D eigenvalue weighted by Crippen LogP contribution is -2.27. The van der Waals surface area contributed by atoms with Gasteiger partial charge in [0.25, 0.3) is 0 Å². The molecule has 0 aliphatic heterocycles. The van der Waals surface area contributed by atoms with Crippen molar-refractivity contribution in [3.8, 4) is 0 Å². The molecule has 2 atom stereocenters. The molecule has 0 saturated carbocycles. The Balaban J connectivity index is 2.86. The molecular weight excluding hydrogens is 208 g/mol. The van der Waals surface area contributed by atoms with Crippen LogP contribution in [0.3, 0.4) is 0 Å². The number of hydrogen-bond donors (Lipinski definition) is 3. The number of carboxylic acids is 1. The second-order valence-corrected chi connectivity index (χ2v) is 4.15. The molecule has 1 rings (SSSR count). The predicted molar refractivity (Wildman–Crippen MR) is 59.4 cm³/mol. The summed E-state index contributed by atoms with van der Waals surface area (Å²) >= 11 is 0. The van der Waals surface area contributed by atoms with Crippen molar-refractivity contribution in [1.82, 2.24) is 0 Å².